The fourth-order valence-electron chi connectivity index (χ4n) is 6.26. The van der Waals surface area contributed by atoms with E-state index in [9.17, 15) is 14.4 Å². The molecule has 2 aliphatic rings. The molecule has 2 aliphatic heterocycles. The lowest BCUT2D eigenvalue weighted by Gasteiger charge is -2.45. The number of ether oxygens (including phenoxy) is 3. The van der Waals surface area contributed by atoms with Gasteiger partial charge in [-0.15, -0.1) is 0 Å². The smallest absolute Gasteiger partial charge is 0.457 e. The topological polar surface area (TPSA) is 107 Å². The zero-order valence-electron chi connectivity index (χ0n) is 24.9. The van der Waals surface area contributed by atoms with Gasteiger partial charge in [0.1, 0.15) is 30.8 Å². The first-order valence-electron chi connectivity index (χ1n) is 14.8. The molecule has 1 amide bonds. The number of hydrogen-bond donors (Lipinski definition) is 1. The number of nitrogens with zero attached hydrogens (tertiary/aromatic N) is 2. The third-order valence-corrected chi connectivity index (χ3v) is 8.26. The number of carbonyl (C=O) groups excluding carboxylic acids is 3. The minimum Gasteiger partial charge on any atom is -0.457 e. The highest BCUT2D eigenvalue weighted by Gasteiger charge is 2.58. The van der Waals surface area contributed by atoms with E-state index >= 15 is 0 Å². The summed E-state index contributed by atoms with van der Waals surface area (Å²) >= 11 is 0. The van der Waals surface area contributed by atoms with Crippen molar-refractivity contribution in [2.45, 2.75) is 32.0 Å². The number of β-lactam (4-membered cyclic amide) rings is 1. The van der Waals surface area contributed by atoms with E-state index in [1.807, 2.05) is 42.5 Å². The first-order valence-corrected chi connectivity index (χ1v) is 14.8. The van der Waals surface area contributed by atoms with E-state index in [0.29, 0.717) is 18.5 Å². The summed E-state index contributed by atoms with van der Waals surface area (Å²) in [5, 5.41) is 7.65. The molecule has 0 bridgehead atoms. The van der Waals surface area contributed by atoms with Gasteiger partial charge in [0, 0.05) is 12.7 Å². The Bertz CT molecular complexity index is 1850. The van der Waals surface area contributed by atoms with Gasteiger partial charge in [-0.3, -0.25) is 4.79 Å². The number of carbonyl (C=O) groups is 3. The highest BCUT2D eigenvalue weighted by atomic mass is 16.7. The zero-order chi connectivity index (χ0) is 31.5. The fourth-order valence-corrected chi connectivity index (χ4v) is 6.26. The van der Waals surface area contributed by atoms with Crippen molar-refractivity contribution in [3.63, 3.8) is 0 Å². The fraction of sp³-hybridized carbons (Fsp3) is 0.222. The van der Waals surface area contributed by atoms with Crippen molar-refractivity contribution in [2.75, 3.05) is 18.5 Å². The van der Waals surface area contributed by atoms with Gasteiger partial charge in [0.2, 0.25) is 5.91 Å². The third-order valence-electron chi connectivity index (χ3n) is 8.26. The quantitative estimate of drug-likeness (QED) is 0.0909. The lowest BCUT2D eigenvalue weighted by atomic mass is 9.82. The Labute approximate surface area is 260 Å². The van der Waals surface area contributed by atoms with Crippen molar-refractivity contribution >= 4 is 51.0 Å². The number of fused-ring (bicyclic) bond motifs is 4. The first-order chi connectivity index (χ1) is 21.9. The Morgan fingerprint density at radius 1 is 1.00 bits per heavy atom. The second-order valence-corrected chi connectivity index (χ2v) is 11.0. The summed E-state index contributed by atoms with van der Waals surface area (Å²) < 4.78 is 15.8. The molecule has 4 aromatic rings. The Balaban J connectivity index is 1.35. The van der Waals surface area contributed by atoms with E-state index in [0.717, 1.165) is 38.5 Å². The molecule has 0 unspecified atom stereocenters. The van der Waals surface area contributed by atoms with Gasteiger partial charge in [-0.2, -0.15) is 0 Å². The minimum atomic E-state index is -0.874. The van der Waals surface area contributed by atoms with Gasteiger partial charge in [-0.05, 0) is 75.9 Å². The molecule has 1 saturated heterocycles. The highest BCUT2D eigenvalue weighted by Crippen LogP contribution is 2.48. The van der Waals surface area contributed by atoms with Crippen LogP contribution < -0.4 is 5.32 Å². The summed E-state index contributed by atoms with van der Waals surface area (Å²) in [5.41, 5.74) is 2.86. The number of rotatable bonds is 11. The average Bonchev–Trinajstić information content (AvgIpc) is 3.40. The molecule has 1 aromatic heterocycles. The maximum absolute atomic E-state index is 13.4. The van der Waals surface area contributed by atoms with Crippen LogP contribution in [0.25, 0.3) is 27.1 Å². The van der Waals surface area contributed by atoms with Crippen molar-refractivity contribution in [3.8, 4) is 0 Å². The third kappa shape index (κ3) is 5.64. The SMILES string of the molecule is C=CCOC(=O)O[C@H](C)[C@H]1C(=O)N2C(C(=O)OCC=C)=C(c3ccc4cc(CNc5ccccn5)c5ccccc5c4c3)C[C@H]12. The van der Waals surface area contributed by atoms with E-state index < -0.39 is 24.1 Å². The van der Waals surface area contributed by atoms with Crippen LogP contribution in [0.15, 0.2) is 104 Å². The molecule has 0 aliphatic carbocycles. The molecule has 1 fully saturated rings. The van der Waals surface area contributed by atoms with Gasteiger partial charge in [-0.25, -0.2) is 14.6 Å². The monoisotopic (exact) mass is 603 g/mol. The molecule has 3 aromatic carbocycles. The summed E-state index contributed by atoms with van der Waals surface area (Å²) in [7, 11) is 0. The summed E-state index contributed by atoms with van der Waals surface area (Å²) in [5.74, 6) is -0.733. The van der Waals surface area contributed by atoms with Crippen LogP contribution in [0.2, 0.25) is 0 Å². The van der Waals surface area contributed by atoms with Crippen LogP contribution in [0.1, 0.15) is 24.5 Å². The molecule has 0 radical (unpaired) electrons. The molecule has 228 valence electrons. The second-order valence-electron chi connectivity index (χ2n) is 11.0. The summed E-state index contributed by atoms with van der Waals surface area (Å²) in [6, 6.07) is 21.8. The van der Waals surface area contributed by atoms with Crippen molar-refractivity contribution in [1.29, 1.82) is 0 Å². The minimum absolute atomic E-state index is 0.00357. The Hall–Kier alpha value is -5.44. The zero-order valence-corrected chi connectivity index (χ0v) is 24.9. The van der Waals surface area contributed by atoms with Gasteiger partial charge >= 0.3 is 12.1 Å². The van der Waals surface area contributed by atoms with Gasteiger partial charge < -0.3 is 24.4 Å². The number of anilines is 1. The standard InChI is InChI=1S/C36H33N3O6/c1-4-16-43-35(41)33-29(20-30-32(34(40)39(30)33)22(3)45-36(42)44-17-5-2)24-14-13-23-18-25(21-38-31-12-8-9-15-37-31)26-10-6-7-11-27(26)28(23)19-24/h4-15,18-19,22,30,32H,1-2,16-17,20-21H2,3H3,(H,37,38)/t22-,30-,32-/m1/s1. The molecule has 45 heavy (non-hydrogen) atoms. The Morgan fingerprint density at radius 3 is 2.51 bits per heavy atom. The van der Waals surface area contributed by atoms with Crippen LogP contribution in [-0.2, 0) is 30.3 Å². The van der Waals surface area contributed by atoms with E-state index in [4.69, 9.17) is 14.2 Å². The van der Waals surface area contributed by atoms with Crippen LogP contribution in [0.5, 0.6) is 0 Å². The van der Waals surface area contributed by atoms with Crippen LogP contribution in [-0.4, -0.2) is 53.3 Å². The van der Waals surface area contributed by atoms with Crippen molar-refractivity contribution in [2.24, 2.45) is 5.92 Å². The number of hydrogen-bond acceptors (Lipinski definition) is 8. The Morgan fingerprint density at radius 2 is 1.76 bits per heavy atom. The van der Waals surface area contributed by atoms with E-state index in [2.05, 4.69) is 47.7 Å². The van der Waals surface area contributed by atoms with Crippen LogP contribution in [0.4, 0.5) is 10.6 Å². The number of pyridine rings is 1. The van der Waals surface area contributed by atoms with E-state index in [1.54, 1.807) is 13.1 Å². The van der Waals surface area contributed by atoms with Crippen LogP contribution in [0.3, 0.4) is 0 Å². The molecule has 3 heterocycles. The maximum Gasteiger partial charge on any atom is 0.508 e. The number of benzene rings is 3. The molecule has 9 heteroatoms. The summed E-state index contributed by atoms with van der Waals surface area (Å²) in [6.07, 6.45) is 3.45. The number of nitrogens with one attached hydrogen (secondary N) is 1. The molecule has 1 N–H and O–H groups in total. The average molecular weight is 604 g/mol. The molecule has 0 saturated carbocycles. The Kier molecular flexibility index (Phi) is 8.33. The molecular weight excluding hydrogens is 570 g/mol. The second kappa shape index (κ2) is 12.7. The van der Waals surface area contributed by atoms with E-state index in [-0.39, 0.29) is 30.9 Å². The van der Waals surface area contributed by atoms with Gasteiger partial charge in [0.15, 0.2) is 0 Å². The van der Waals surface area contributed by atoms with Crippen LogP contribution in [0, 0.1) is 5.92 Å². The largest absolute Gasteiger partial charge is 0.508 e. The van der Waals surface area contributed by atoms with Gasteiger partial charge in [-0.1, -0.05) is 67.8 Å². The molecule has 3 atom stereocenters. The summed E-state index contributed by atoms with van der Waals surface area (Å²) in [6.45, 7) is 9.43. The van der Waals surface area contributed by atoms with Gasteiger partial charge in [0.25, 0.3) is 0 Å². The van der Waals surface area contributed by atoms with E-state index in [1.165, 1.54) is 17.1 Å². The molecule has 0 spiro atoms. The molecule has 9 nitrogen and oxygen atoms in total. The number of amides is 1. The lowest BCUT2D eigenvalue weighted by Crippen LogP contribution is -2.62. The summed E-state index contributed by atoms with van der Waals surface area (Å²) in [4.78, 5) is 44.7. The van der Waals surface area contributed by atoms with Crippen molar-refractivity contribution in [3.05, 3.63) is 115 Å². The van der Waals surface area contributed by atoms with Gasteiger partial charge in [0.05, 0.1) is 12.0 Å². The van der Waals surface area contributed by atoms with Crippen molar-refractivity contribution < 1.29 is 28.6 Å². The molecule has 6 rings (SSSR count). The number of esters is 1. The predicted octanol–water partition coefficient (Wildman–Crippen LogP) is 6.40. The first kappa shape index (κ1) is 29.6. The normalized spacial score (nSPS) is 17.8. The molecular formula is C36H33N3O6. The maximum atomic E-state index is 13.4. The van der Waals surface area contributed by atoms with Crippen LogP contribution >= 0.6 is 0 Å². The number of aromatic nitrogens is 1. The lowest BCUT2D eigenvalue weighted by molar-refractivity contribution is -0.162. The highest BCUT2D eigenvalue weighted by molar-refractivity contribution is 6.11. The van der Waals surface area contributed by atoms with Crippen molar-refractivity contribution in [1.82, 2.24) is 9.88 Å². The predicted molar refractivity (Wildman–Crippen MR) is 172 cm³/mol.